The molecule has 1 N–H and O–H groups in total. The molecular formula is C11H13NO3S. The average Bonchev–Trinajstić information content (AvgIpc) is 3.00. The minimum Gasteiger partial charge on any atom is -0.274 e. The molecule has 1 saturated carbocycles. The van der Waals surface area contributed by atoms with Crippen molar-refractivity contribution in [1.29, 1.82) is 0 Å². The third kappa shape index (κ3) is 2.24. The summed E-state index contributed by atoms with van der Waals surface area (Å²) in [5, 5.41) is 0. The second-order valence-corrected chi connectivity index (χ2v) is 5.66. The molecule has 4 nitrogen and oxygen atoms in total. The van der Waals surface area contributed by atoms with Gasteiger partial charge in [0.05, 0.1) is 4.90 Å². The molecule has 0 saturated heterocycles. The zero-order chi connectivity index (χ0) is 11.8. The van der Waals surface area contributed by atoms with Crippen molar-refractivity contribution >= 4 is 15.9 Å². The fourth-order valence-electron chi connectivity index (χ4n) is 1.47. The predicted molar refractivity (Wildman–Crippen MR) is 59.2 cm³/mol. The standard InChI is InChI=1S/C11H13NO3S/c1-8-4-2-3-5-10(8)16(14,15)12-11(13)9-6-7-9/h2-5,9H,6-7H2,1H3,(H,12,13). The first-order valence-electron chi connectivity index (χ1n) is 5.13. The fraction of sp³-hybridized carbons (Fsp3) is 0.364. The van der Waals surface area contributed by atoms with Gasteiger partial charge in [0.1, 0.15) is 0 Å². The maximum atomic E-state index is 11.9. The Hall–Kier alpha value is -1.36. The van der Waals surface area contributed by atoms with Gasteiger partial charge in [-0.2, -0.15) is 0 Å². The van der Waals surface area contributed by atoms with Crippen LogP contribution in [-0.4, -0.2) is 14.3 Å². The average molecular weight is 239 g/mol. The Morgan fingerprint density at radius 2 is 1.94 bits per heavy atom. The van der Waals surface area contributed by atoms with Gasteiger partial charge in [-0.25, -0.2) is 13.1 Å². The molecule has 0 bridgehead atoms. The van der Waals surface area contributed by atoms with Gasteiger partial charge in [0, 0.05) is 5.92 Å². The number of nitrogens with one attached hydrogen (secondary N) is 1. The smallest absolute Gasteiger partial charge is 0.264 e. The maximum Gasteiger partial charge on any atom is 0.264 e. The van der Waals surface area contributed by atoms with Crippen molar-refractivity contribution in [2.45, 2.75) is 24.7 Å². The van der Waals surface area contributed by atoms with Crippen LogP contribution >= 0.6 is 0 Å². The fourth-order valence-corrected chi connectivity index (χ4v) is 2.77. The molecule has 0 aromatic heterocycles. The second-order valence-electron chi connectivity index (χ2n) is 4.01. The van der Waals surface area contributed by atoms with Gasteiger partial charge in [-0.3, -0.25) is 4.79 Å². The van der Waals surface area contributed by atoms with Crippen LogP contribution in [0.1, 0.15) is 18.4 Å². The molecule has 1 aromatic carbocycles. The lowest BCUT2D eigenvalue weighted by Gasteiger charge is -2.08. The van der Waals surface area contributed by atoms with E-state index in [9.17, 15) is 13.2 Å². The highest BCUT2D eigenvalue weighted by molar-refractivity contribution is 7.90. The summed E-state index contributed by atoms with van der Waals surface area (Å²) >= 11 is 0. The zero-order valence-electron chi connectivity index (χ0n) is 8.93. The lowest BCUT2D eigenvalue weighted by atomic mass is 10.2. The molecule has 1 aromatic rings. The highest BCUT2D eigenvalue weighted by Crippen LogP contribution is 2.29. The number of benzene rings is 1. The number of hydrogen-bond donors (Lipinski definition) is 1. The lowest BCUT2D eigenvalue weighted by Crippen LogP contribution is -2.32. The van der Waals surface area contributed by atoms with Crippen LogP contribution in [0.2, 0.25) is 0 Å². The predicted octanol–water partition coefficient (Wildman–Crippen LogP) is 1.21. The van der Waals surface area contributed by atoms with Gasteiger partial charge in [-0.1, -0.05) is 18.2 Å². The van der Waals surface area contributed by atoms with Crippen LogP contribution in [0.25, 0.3) is 0 Å². The van der Waals surface area contributed by atoms with Crippen LogP contribution in [0.4, 0.5) is 0 Å². The Kier molecular flexibility index (Phi) is 2.71. The Balaban J connectivity index is 2.25. The number of aryl methyl sites for hydroxylation is 1. The zero-order valence-corrected chi connectivity index (χ0v) is 9.75. The number of rotatable bonds is 3. The summed E-state index contributed by atoms with van der Waals surface area (Å²) in [6.07, 6.45) is 1.57. The van der Waals surface area contributed by atoms with E-state index < -0.39 is 10.0 Å². The number of amides is 1. The van der Waals surface area contributed by atoms with Crippen molar-refractivity contribution < 1.29 is 13.2 Å². The molecular weight excluding hydrogens is 226 g/mol. The third-order valence-corrected chi connectivity index (χ3v) is 4.07. The summed E-state index contributed by atoms with van der Waals surface area (Å²) in [4.78, 5) is 11.6. The summed E-state index contributed by atoms with van der Waals surface area (Å²) in [6.45, 7) is 1.70. The van der Waals surface area contributed by atoms with E-state index in [-0.39, 0.29) is 16.7 Å². The minimum atomic E-state index is -3.69. The van der Waals surface area contributed by atoms with E-state index in [2.05, 4.69) is 4.72 Å². The SMILES string of the molecule is Cc1ccccc1S(=O)(=O)NC(=O)C1CC1. The summed E-state index contributed by atoms with van der Waals surface area (Å²) in [5.41, 5.74) is 0.638. The van der Waals surface area contributed by atoms with Crippen LogP contribution in [0.3, 0.4) is 0 Å². The summed E-state index contributed by atoms with van der Waals surface area (Å²) in [7, 11) is -3.69. The van der Waals surface area contributed by atoms with Crippen LogP contribution in [0, 0.1) is 12.8 Å². The van der Waals surface area contributed by atoms with Gasteiger partial charge in [-0.15, -0.1) is 0 Å². The first-order chi connectivity index (χ1) is 7.50. The summed E-state index contributed by atoms with van der Waals surface area (Å²) < 4.78 is 25.8. The maximum absolute atomic E-state index is 11.9. The Morgan fingerprint density at radius 3 is 2.50 bits per heavy atom. The Bertz CT molecular complexity index is 518. The molecule has 2 rings (SSSR count). The van der Waals surface area contributed by atoms with Gasteiger partial charge in [-0.05, 0) is 31.4 Å². The third-order valence-electron chi connectivity index (χ3n) is 2.57. The van der Waals surface area contributed by atoms with Gasteiger partial charge < -0.3 is 0 Å². The van der Waals surface area contributed by atoms with E-state index in [0.717, 1.165) is 12.8 Å². The lowest BCUT2D eigenvalue weighted by molar-refractivity contribution is -0.120. The summed E-state index contributed by atoms with van der Waals surface area (Å²) in [5.74, 6) is -0.498. The van der Waals surface area contributed by atoms with Crippen molar-refractivity contribution in [2.75, 3.05) is 0 Å². The van der Waals surface area contributed by atoms with Crippen LogP contribution in [0.5, 0.6) is 0 Å². The molecule has 0 radical (unpaired) electrons. The first kappa shape index (κ1) is 11.1. The molecule has 1 aliphatic carbocycles. The van der Waals surface area contributed by atoms with E-state index in [4.69, 9.17) is 0 Å². The van der Waals surface area contributed by atoms with Crippen molar-refractivity contribution in [3.8, 4) is 0 Å². The largest absolute Gasteiger partial charge is 0.274 e. The minimum absolute atomic E-state index is 0.112. The van der Waals surface area contributed by atoms with Crippen molar-refractivity contribution in [3.05, 3.63) is 29.8 Å². The molecule has 0 unspecified atom stereocenters. The highest BCUT2D eigenvalue weighted by Gasteiger charge is 2.32. The molecule has 16 heavy (non-hydrogen) atoms. The molecule has 0 heterocycles. The summed E-state index contributed by atoms with van der Waals surface area (Å²) in [6, 6.07) is 6.61. The first-order valence-corrected chi connectivity index (χ1v) is 6.61. The van der Waals surface area contributed by atoms with E-state index in [1.165, 1.54) is 6.07 Å². The van der Waals surface area contributed by atoms with Crippen molar-refractivity contribution in [3.63, 3.8) is 0 Å². The van der Waals surface area contributed by atoms with Crippen LogP contribution < -0.4 is 4.72 Å². The van der Waals surface area contributed by atoms with Gasteiger partial charge >= 0.3 is 0 Å². The van der Waals surface area contributed by atoms with Gasteiger partial charge in [0.25, 0.3) is 10.0 Å². The van der Waals surface area contributed by atoms with E-state index in [0.29, 0.717) is 5.56 Å². The molecule has 0 atom stereocenters. The quantitative estimate of drug-likeness (QED) is 0.862. The van der Waals surface area contributed by atoms with Crippen LogP contribution in [0.15, 0.2) is 29.2 Å². The van der Waals surface area contributed by atoms with Crippen molar-refractivity contribution in [2.24, 2.45) is 5.92 Å². The Morgan fingerprint density at radius 1 is 1.31 bits per heavy atom. The number of carbonyl (C=O) groups excluding carboxylic acids is 1. The Labute approximate surface area is 94.7 Å². The number of carbonyl (C=O) groups is 1. The molecule has 1 fully saturated rings. The normalized spacial score (nSPS) is 15.8. The molecule has 0 spiro atoms. The molecule has 0 aliphatic heterocycles. The molecule has 86 valence electrons. The van der Waals surface area contributed by atoms with Crippen molar-refractivity contribution in [1.82, 2.24) is 4.72 Å². The number of sulfonamides is 1. The van der Waals surface area contributed by atoms with E-state index in [1.807, 2.05) is 0 Å². The highest BCUT2D eigenvalue weighted by atomic mass is 32.2. The number of hydrogen-bond acceptors (Lipinski definition) is 3. The van der Waals surface area contributed by atoms with E-state index in [1.54, 1.807) is 25.1 Å². The molecule has 1 aliphatic rings. The van der Waals surface area contributed by atoms with Crippen LogP contribution in [-0.2, 0) is 14.8 Å². The van der Waals surface area contributed by atoms with Gasteiger partial charge in [0.2, 0.25) is 5.91 Å². The topological polar surface area (TPSA) is 63.2 Å². The monoisotopic (exact) mass is 239 g/mol. The second kappa shape index (κ2) is 3.90. The van der Waals surface area contributed by atoms with Gasteiger partial charge in [0.15, 0.2) is 0 Å². The molecule has 1 amide bonds. The molecule has 5 heteroatoms. The van der Waals surface area contributed by atoms with E-state index >= 15 is 0 Å².